The smallest absolute Gasteiger partial charge is 0.329 e. The molecule has 7 nitrogen and oxygen atoms in total. The average Bonchev–Trinajstić information content (AvgIpc) is 2.66. The number of carbonyl (C=O) groups is 3. The highest BCUT2D eigenvalue weighted by atomic mass is 16.2. The zero-order chi connectivity index (χ0) is 19.6. The van der Waals surface area contributed by atoms with Crippen molar-refractivity contribution in [3.8, 4) is 0 Å². The van der Waals surface area contributed by atoms with Crippen LogP contribution >= 0.6 is 0 Å². The third kappa shape index (κ3) is 7.11. The predicted octanol–water partition coefficient (Wildman–Crippen LogP) is 2.13. The number of rotatable bonds is 6. The van der Waals surface area contributed by atoms with Gasteiger partial charge in [-0.2, -0.15) is 5.10 Å². The van der Waals surface area contributed by atoms with Gasteiger partial charge in [0.1, 0.15) is 0 Å². The van der Waals surface area contributed by atoms with Crippen LogP contribution in [0.25, 0.3) is 0 Å². The van der Waals surface area contributed by atoms with Crippen molar-refractivity contribution in [2.24, 2.45) is 5.10 Å². The molecular formula is C20H22N4O3. The molecule has 0 spiro atoms. The zero-order valence-electron chi connectivity index (χ0n) is 15.3. The van der Waals surface area contributed by atoms with Gasteiger partial charge in [-0.1, -0.05) is 48.0 Å². The molecule has 140 valence electrons. The number of nitrogens with one attached hydrogen (secondary N) is 3. The molecule has 0 saturated heterocycles. The SMILES string of the molecule is C/C(CC(=O)Nc1ccc(C)cc1)=N\NC(=O)C(=O)NCc1ccccc1. The molecule has 0 aliphatic rings. The van der Waals surface area contributed by atoms with Crippen LogP contribution in [0.1, 0.15) is 24.5 Å². The lowest BCUT2D eigenvalue weighted by molar-refractivity contribution is -0.139. The van der Waals surface area contributed by atoms with Gasteiger partial charge in [-0.05, 0) is 31.5 Å². The van der Waals surface area contributed by atoms with Crippen molar-refractivity contribution in [2.75, 3.05) is 5.32 Å². The molecule has 0 radical (unpaired) electrons. The molecule has 2 aromatic carbocycles. The summed E-state index contributed by atoms with van der Waals surface area (Å²) in [6.45, 7) is 3.80. The van der Waals surface area contributed by atoms with Crippen LogP contribution < -0.4 is 16.1 Å². The van der Waals surface area contributed by atoms with Crippen LogP contribution in [0.15, 0.2) is 59.7 Å². The highest BCUT2D eigenvalue weighted by molar-refractivity contribution is 6.35. The molecule has 0 unspecified atom stereocenters. The van der Waals surface area contributed by atoms with E-state index >= 15 is 0 Å². The van der Waals surface area contributed by atoms with Gasteiger partial charge in [-0.3, -0.25) is 14.4 Å². The number of nitrogens with zero attached hydrogens (tertiary/aromatic N) is 1. The molecule has 27 heavy (non-hydrogen) atoms. The minimum atomic E-state index is -0.885. The number of anilines is 1. The van der Waals surface area contributed by atoms with Crippen LogP contribution in [-0.4, -0.2) is 23.4 Å². The average molecular weight is 366 g/mol. The fraction of sp³-hybridized carbons (Fsp3) is 0.200. The zero-order valence-corrected chi connectivity index (χ0v) is 15.3. The van der Waals surface area contributed by atoms with Gasteiger partial charge in [0, 0.05) is 17.9 Å². The van der Waals surface area contributed by atoms with Gasteiger partial charge in [0.25, 0.3) is 0 Å². The molecular weight excluding hydrogens is 344 g/mol. The van der Waals surface area contributed by atoms with Gasteiger partial charge < -0.3 is 10.6 Å². The molecule has 3 N–H and O–H groups in total. The normalized spacial score (nSPS) is 10.8. The van der Waals surface area contributed by atoms with E-state index in [0.29, 0.717) is 11.4 Å². The number of benzene rings is 2. The number of hydrogen-bond donors (Lipinski definition) is 3. The maximum atomic E-state index is 12.0. The summed E-state index contributed by atoms with van der Waals surface area (Å²) < 4.78 is 0. The summed E-state index contributed by atoms with van der Waals surface area (Å²) in [6, 6.07) is 16.6. The Kier molecular flexibility index (Phi) is 7.25. The maximum Gasteiger partial charge on any atom is 0.329 e. The van der Waals surface area contributed by atoms with E-state index in [9.17, 15) is 14.4 Å². The highest BCUT2D eigenvalue weighted by Crippen LogP contribution is 2.08. The van der Waals surface area contributed by atoms with Crippen molar-refractivity contribution < 1.29 is 14.4 Å². The predicted molar refractivity (Wildman–Crippen MR) is 104 cm³/mol. The fourth-order valence-electron chi connectivity index (χ4n) is 2.17. The van der Waals surface area contributed by atoms with E-state index in [-0.39, 0.29) is 18.9 Å². The molecule has 0 heterocycles. The van der Waals surface area contributed by atoms with Crippen LogP contribution in [0.3, 0.4) is 0 Å². The number of aryl methyl sites for hydroxylation is 1. The maximum absolute atomic E-state index is 12.0. The van der Waals surface area contributed by atoms with Gasteiger partial charge in [-0.25, -0.2) is 5.43 Å². The first-order valence-electron chi connectivity index (χ1n) is 8.46. The van der Waals surface area contributed by atoms with Crippen LogP contribution in [-0.2, 0) is 20.9 Å². The van der Waals surface area contributed by atoms with E-state index in [1.807, 2.05) is 49.4 Å². The standard InChI is InChI=1S/C20H22N4O3/c1-14-8-10-17(11-9-14)22-18(25)12-15(2)23-24-20(27)19(26)21-13-16-6-4-3-5-7-16/h3-11H,12-13H2,1-2H3,(H,21,26)(H,22,25)(H,24,27)/b23-15+. The van der Waals surface area contributed by atoms with Crippen LogP contribution in [0.5, 0.6) is 0 Å². The summed E-state index contributed by atoms with van der Waals surface area (Å²) >= 11 is 0. The molecule has 0 saturated carbocycles. The van der Waals surface area contributed by atoms with Gasteiger partial charge in [0.05, 0.1) is 6.42 Å². The lowest BCUT2D eigenvalue weighted by atomic mass is 10.2. The Balaban J connectivity index is 1.76. The monoisotopic (exact) mass is 366 g/mol. The van der Waals surface area contributed by atoms with E-state index in [1.165, 1.54) is 0 Å². The molecule has 2 aromatic rings. The molecule has 7 heteroatoms. The van der Waals surface area contributed by atoms with Crippen molar-refractivity contribution in [3.63, 3.8) is 0 Å². The van der Waals surface area contributed by atoms with E-state index in [1.54, 1.807) is 19.1 Å². The summed E-state index contributed by atoms with van der Waals surface area (Å²) in [5.74, 6) is -1.94. The third-order valence-corrected chi connectivity index (χ3v) is 3.60. The first-order chi connectivity index (χ1) is 12.9. The second kappa shape index (κ2) is 9.86. The lowest BCUT2D eigenvalue weighted by Gasteiger charge is -2.06. The van der Waals surface area contributed by atoms with Crippen molar-refractivity contribution in [1.82, 2.24) is 10.7 Å². The van der Waals surface area contributed by atoms with Crippen molar-refractivity contribution in [3.05, 3.63) is 65.7 Å². The Labute approximate surface area is 157 Å². The Bertz CT molecular complexity index is 830. The molecule has 2 rings (SSSR count). The molecule has 0 aliphatic heterocycles. The number of hydrazone groups is 1. The summed E-state index contributed by atoms with van der Waals surface area (Å²) in [7, 11) is 0. The summed E-state index contributed by atoms with van der Waals surface area (Å²) in [5.41, 5.74) is 5.19. The summed E-state index contributed by atoms with van der Waals surface area (Å²) in [5, 5.41) is 9.03. The molecule has 3 amide bonds. The molecule has 0 aromatic heterocycles. The third-order valence-electron chi connectivity index (χ3n) is 3.60. The van der Waals surface area contributed by atoms with Gasteiger partial charge in [0.15, 0.2) is 0 Å². The van der Waals surface area contributed by atoms with Crippen LogP contribution in [0.4, 0.5) is 5.69 Å². The quantitative estimate of drug-likeness (QED) is 0.415. The van der Waals surface area contributed by atoms with Crippen LogP contribution in [0.2, 0.25) is 0 Å². The summed E-state index contributed by atoms with van der Waals surface area (Å²) in [6.07, 6.45) is -0.000208. The molecule has 0 fully saturated rings. The fourth-order valence-corrected chi connectivity index (χ4v) is 2.17. The molecule has 0 aliphatic carbocycles. The van der Waals surface area contributed by atoms with Gasteiger partial charge >= 0.3 is 11.8 Å². The minimum absolute atomic E-state index is 0.000208. The number of amides is 3. The first-order valence-corrected chi connectivity index (χ1v) is 8.46. The van der Waals surface area contributed by atoms with Crippen molar-refractivity contribution in [2.45, 2.75) is 26.8 Å². The minimum Gasteiger partial charge on any atom is -0.344 e. The van der Waals surface area contributed by atoms with E-state index in [0.717, 1.165) is 11.1 Å². The Morgan fingerprint density at radius 2 is 1.59 bits per heavy atom. The Hall–Kier alpha value is -3.48. The van der Waals surface area contributed by atoms with Crippen molar-refractivity contribution >= 4 is 29.1 Å². The van der Waals surface area contributed by atoms with Gasteiger partial charge in [0.2, 0.25) is 5.91 Å². The number of carbonyl (C=O) groups excluding carboxylic acids is 3. The van der Waals surface area contributed by atoms with Crippen molar-refractivity contribution in [1.29, 1.82) is 0 Å². The Morgan fingerprint density at radius 3 is 2.26 bits per heavy atom. The largest absolute Gasteiger partial charge is 0.344 e. The molecule has 0 atom stereocenters. The van der Waals surface area contributed by atoms with Crippen LogP contribution in [0, 0.1) is 6.92 Å². The topological polar surface area (TPSA) is 99.7 Å². The second-order valence-corrected chi connectivity index (χ2v) is 6.05. The highest BCUT2D eigenvalue weighted by Gasteiger charge is 2.12. The van der Waals surface area contributed by atoms with Gasteiger partial charge in [-0.15, -0.1) is 0 Å². The number of hydrogen-bond acceptors (Lipinski definition) is 4. The summed E-state index contributed by atoms with van der Waals surface area (Å²) in [4.78, 5) is 35.5. The Morgan fingerprint density at radius 1 is 0.926 bits per heavy atom. The molecule has 0 bridgehead atoms. The second-order valence-electron chi connectivity index (χ2n) is 6.05. The van der Waals surface area contributed by atoms with E-state index < -0.39 is 11.8 Å². The lowest BCUT2D eigenvalue weighted by Crippen LogP contribution is -2.37. The van der Waals surface area contributed by atoms with E-state index in [2.05, 4.69) is 21.2 Å². The van der Waals surface area contributed by atoms with E-state index in [4.69, 9.17) is 0 Å². The first kappa shape index (κ1) is 19.8.